The zero-order chi connectivity index (χ0) is 19.4. The number of sulfonamides is 1. The van der Waals surface area contributed by atoms with Gasteiger partial charge in [0.1, 0.15) is 0 Å². The molecular weight excluding hydrogens is 366 g/mol. The molecule has 1 aliphatic heterocycles. The smallest absolute Gasteiger partial charge is 0.273 e. The molecular formula is C19H23N3O4S. The number of hydrogen-bond acceptors (Lipinski definition) is 5. The number of rotatable bonds is 6. The molecule has 1 N–H and O–H groups in total. The fourth-order valence-electron chi connectivity index (χ4n) is 3.19. The van der Waals surface area contributed by atoms with E-state index in [4.69, 9.17) is 0 Å². The van der Waals surface area contributed by atoms with Gasteiger partial charge >= 0.3 is 0 Å². The molecule has 0 bridgehead atoms. The molecule has 0 unspecified atom stereocenters. The number of hydrogen-bond donors (Lipinski definition) is 1. The summed E-state index contributed by atoms with van der Waals surface area (Å²) in [6.07, 6.45) is 3.67. The van der Waals surface area contributed by atoms with Gasteiger partial charge in [-0.15, -0.1) is 0 Å². The number of nitrogens with zero attached hydrogens (tertiary/aromatic N) is 2. The molecule has 0 atom stereocenters. The Balaban J connectivity index is 1.68. The highest BCUT2D eigenvalue weighted by atomic mass is 32.2. The zero-order valence-electron chi connectivity index (χ0n) is 15.2. The largest absolute Gasteiger partial charge is 0.372 e. The van der Waals surface area contributed by atoms with E-state index >= 15 is 0 Å². The number of aryl methyl sites for hydroxylation is 1. The summed E-state index contributed by atoms with van der Waals surface area (Å²) in [4.78, 5) is 12.7. The fourth-order valence-corrected chi connectivity index (χ4v) is 4.23. The molecule has 1 aliphatic rings. The Hall–Kier alpha value is -2.45. The summed E-state index contributed by atoms with van der Waals surface area (Å²) in [6, 6.07) is 11.7. The van der Waals surface area contributed by atoms with Crippen LogP contribution >= 0.6 is 0 Å². The summed E-state index contributed by atoms with van der Waals surface area (Å²) in [5.74, 6) is 0. The number of nitro groups is 1. The summed E-state index contributed by atoms with van der Waals surface area (Å²) in [7, 11) is -3.83. The Kier molecular flexibility index (Phi) is 5.76. The van der Waals surface area contributed by atoms with Gasteiger partial charge in [0.15, 0.2) is 0 Å². The predicted molar refractivity (Wildman–Crippen MR) is 104 cm³/mol. The molecule has 0 saturated carbocycles. The standard InChI is InChI=1S/C19H23N3O4S/c1-15-5-10-18(13-19(15)22(23)24)27(25,26)20-14-16-6-8-17(9-7-16)21-11-3-2-4-12-21/h5-10,13,20H,2-4,11-12,14H2,1H3. The first-order valence-electron chi connectivity index (χ1n) is 8.95. The monoisotopic (exact) mass is 389 g/mol. The molecule has 1 heterocycles. The molecule has 2 aromatic carbocycles. The second-order valence-corrected chi connectivity index (χ2v) is 8.51. The van der Waals surface area contributed by atoms with Gasteiger partial charge in [0.2, 0.25) is 10.0 Å². The molecule has 3 rings (SSSR count). The van der Waals surface area contributed by atoms with Crippen LogP contribution in [0.4, 0.5) is 11.4 Å². The fraction of sp³-hybridized carbons (Fsp3) is 0.368. The number of nitro benzene ring substituents is 1. The molecule has 7 nitrogen and oxygen atoms in total. The predicted octanol–water partition coefficient (Wildman–Crippen LogP) is 3.37. The van der Waals surface area contributed by atoms with Crippen molar-refractivity contribution in [2.45, 2.75) is 37.6 Å². The van der Waals surface area contributed by atoms with Gasteiger partial charge in [0.05, 0.1) is 9.82 Å². The minimum Gasteiger partial charge on any atom is -0.372 e. The van der Waals surface area contributed by atoms with Gasteiger partial charge < -0.3 is 4.90 Å². The van der Waals surface area contributed by atoms with Crippen molar-refractivity contribution in [3.05, 3.63) is 63.7 Å². The highest BCUT2D eigenvalue weighted by Gasteiger charge is 2.19. The quantitative estimate of drug-likeness (QED) is 0.604. The molecule has 1 saturated heterocycles. The second kappa shape index (κ2) is 8.06. The Morgan fingerprint density at radius 3 is 2.37 bits per heavy atom. The van der Waals surface area contributed by atoms with Gasteiger partial charge in [-0.3, -0.25) is 10.1 Å². The lowest BCUT2D eigenvalue weighted by Crippen LogP contribution is -2.29. The highest BCUT2D eigenvalue weighted by molar-refractivity contribution is 7.89. The minimum atomic E-state index is -3.83. The van der Waals surface area contributed by atoms with Gasteiger partial charge in [-0.2, -0.15) is 0 Å². The van der Waals surface area contributed by atoms with Crippen LogP contribution in [0, 0.1) is 17.0 Å². The van der Waals surface area contributed by atoms with Crippen LogP contribution in [0.2, 0.25) is 0 Å². The normalized spacial score (nSPS) is 14.9. The van der Waals surface area contributed by atoms with E-state index in [1.54, 1.807) is 6.92 Å². The van der Waals surface area contributed by atoms with E-state index in [0.29, 0.717) is 5.56 Å². The molecule has 0 aromatic heterocycles. The Labute approximate surface area is 159 Å². The Morgan fingerprint density at radius 1 is 1.07 bits per heavy atom. The molecule has 2 aromatic rings. The zero-order valence-corrected chi connectivity index (χ0v) is 16.0. The molecule has 0 radical (unpaired) electrons. The van der Waals surface area contributed by atoms with Crippen LogP contribution in [0.1, 0.15) is 30.4 Å². The van der Waals surface area contributed by atoms with Crippen LogP contribution in [-0.4, -0.2) is 26.4 Å². The van der Waals surface area contributed by atoms with Crippen molar-refractivity contribution in [1.29, 1.82) is 0 Å². The van der Waals surface area contributed by atoms with Crippen LogP contribution in [0.3, 0.4) is 0 Å². The summed E-state index contributed by atoms with van der Waals surface area (Å²) < 4.78 is 27.4. The number of anilines is 1. The van der Waals surface area contributed by atoms with Crippen LogP contribution in [-0.2, 0) is 16.6 Å². The molecule has 8 heteroatoms. The van der Waals surface area contributed by atoms with Gasteiger partial charge in [-0.1, -0.05) is 18.2 Å². The SMILES string of the molecule is Cc1ccc(S(=O)(=O)NCc2ccc(N3CCCCC3)cc2)cc1[N+](=O)[O-]. The lowest BCUT2D eigenvalue weighted by molar-refractivity contribution is -0.385. The average molecular weight is 389 g/mol. The summed E-state index contributed by atoms with van der Waals surface area (Å²) in [5, 5.41) is 11.0. The average Bonchev–Trinajstić information content (AvgIpc) is 2.67. The number of nitrogens with one attached hydrogen (secondary N) is 1. The van der Waals surface area contributed by atoms with Crippen molar-refractivity contribution >= 4 is 21.4 Å². The first-order chi connectivity index (χ1) is 12.9. The van der Waals surface area contributed by atoms with Gasteiger partial charge in [0.25, 0.3) is 5.69 Å². The molecule has 1 fully saturated rings. The Bertz CT molecular complexity index is 920. The van der Waals surface area contributed by atoms with Crippen molar-refractivity contribution in [2.75, 3.05) is 18.0 Å². The molecule has 0 spiro atoms. The topological polar surface area (TPSA) is 92.6 Å². The van der Waals surface area contributed by atoms with Crippen LogP contribution in [0.5, 0.6) is 0 Å². The van der Waals surface area contributed by atoms with E-state index in [1.165, 1.54) is 31.4 Å². The first kappa shape index (κ1) is 19.3. The second-order valence-electron chi connectivity index (χ2n) is 6.74. The third-order valence-corrected chi connectivity index (χ3v) is 6.21. The third kappa shape index (κ3) is 4.64. The maximum Gasteiger partial charge on any atom is 0.273 e. The van der Waals surface area contributed by atoms with Crippen LogP contribution in [0.15, 0.2) is 47.4 Å². The molecule has 144 valence electrons. The maximum atomic E-state index is 12.5. The van der Waals surface area contributed by atoms with Crippen LogP contribution < -0.4 is 9.62 Å². The number of benzene rings is 2. The summed E-state index contributed by atoms with van der Waals surface area (Å²) in [6.45, 7) is 3.81. The lowest BCUT2D eigenvalue weighted by atomic mass is 10.1. The van der Waals surface area contributed by atoms with Gasteiger partial charge in [-0.25, -0.2) is 13.1 Å². The van der Waals surface area contributed by atoms with Crippen molar-refractivity contribution in [1.82, 2.24) is 4.72 Å². The van der Waals surface area contributed by atoms with E-state index in [0.717, 1.165) is 30.4 Å². The van der Waals surface area contributed by atoms with Crippen LogP contribution in [0.25, 0.3) is 0 Å². The van der Waals surface area contributed by atoms with Crippen molar-refractivity contribution in [3.63, 3.8) is 0 Å². The third-order valence-electron chi connectivity index (χ3n) is 4.81. The number of piperidine rings is 1. The van der Waals surface area contributed by atoms with E-state index < -0.39 is 14.9 Å². The first-order valence-corrected chi connectivity index (χ1v) is 10.4. The van der Waals surface area contributed by atoms with E-state index in [-0.39, 0.29) is 17.1 Å². The molecule has 0 aliphatic carbocycles. The lowest BCUT2D eigenvalue weighted by Gasteiger charge is -2.28. The van der Waals surface area contributed by atoms with E-state index in [2.05, 4.69) is 9.62 Å². The van der Waals surface area contributed by atoms with E-state index in [9.17, 15) is 18.5 Å². The van der Waals surface area contributed by atoms with Crippen molar-refractivity contribution in [2.24, 2.45) is 0 Å². The molecule has 27 heavy (non-hydrogen) atoms. The van der Waals surface area contributed by atoms with Gasteiger partial charge in [0, 0.05) is 37.0 Å². The highest BCUT2D eigenvalue weighted by Crippen LogP contribution is 2.23. The summed E-state index contributed by atoms with van der Waals surface area (Å²) in [5.41, 5.74) is 2.20. The Morgan fingerprint density at radius 2 is 1.74 bits per heavy atom. The van der Waals surface area contributed by atoms with E-state index in [1.807, 2.05) is 24.3 Å². The summed E-state index contributed by atoms with van der Waals surface area (Å²) >= 11 is 0. The van der Waals surface area contributed by atoms with Crippen molar-refractivity contribution in [3.8, 4) is 0 Å². The van der Waals surface area contributed by atoms with Crippen molar-refractivity contribution < 1.29 is 13.3 Å². The maximum absolute atomic E-state index is 12.5. The minimum absolute atomic E-state index is 0.107. The van der Waals surface area contributed by atoms with Gasteiger partial charge in [-0.05, 0) is 49.9 Å². The molecule has 0 amide bonds.